The second-order valence-corrected chi connectivity index (χ2v) is 5.32. The molecule has 0 saturated heterocycles. The first-order valence-electron chi connectivity index (χ1n) is 7.07. The number of benzene rings is 1. The maximum atomic E-state index is 8.78. The highest BCUT2D eigenvalue weighted by Crippen LogP contribution is 2.06. The summed E-state index contributed by atoms with van der Waals surface area (Å²) in [6.45, 7) is 8.10. The normalized spacial score (nSPS) is 11.3. The van der Waals surface area contributed by atoms with E-state index in [9.17, 15) is 0 Å². The zero-order valence-corrected chi connectivity index (χ0v) is 16.0. The van der Waals surface area contributed by atoms with Gasteiger partial charge in [0.25, 0.3) is 0 Å². The molecule has 1 aromatic carbocycles. The second kappa shape index (κ2) is 10.4. The second-order valence-electron chi connectivity index (χ2n) is 5.32. The van der Waals surface area contributed by atoms with E-state index < -0.39 is 0 Å². The molecular weight excluding hydrogens is 391 g/mol. The Morgan fingerprint density at radius 3 is 2.41 bits per heavy atom. The van der Waals surface area contributed by atoms with Crippen molar-refractivity contribution in [3.63, 3.8) is 0 Å². The van der Waals surface area contributed by atoms with E-state index in [1.807, 2.05) is 32.9 Å². The van der Waals surface area contributed by atoms with Gasteiger partial charge in [0.2, 0.25) is 0 Å². The van der Waals surface area contributed by atoms with E-state index in [0.717, 1.165) is 18.1 Å². The molecule has 22 heavy (non-hydrogen) atoms. The minimum absolute atomic E-state index is 0. The van der Waals surface area contributed by atoms with Crippen molar-refractivity contribution in [3.05, 3.63) is 35.4 Å². The van der Waals surface area contributed by atoms with Crippen molar-refractivity contribution < 1.29 is 4.74 Å². The summed E-state index contributed by atoms with van der Waals surface area (Å²) in [6.07, 6.45) is 0. The van der Waals surface area contributed by atoms with Gasteiger partial charge in [-0.1, -0.05) is 12.1 Å². The Kier molecular flexibility index (Phi) is 9.78. The molecule has 5 nitrogen and oxygen atoms in total. The number of nitrogens with one attached hydrogen (secondary N) is 2. The van der Waals surface area contributed by atoms with Crippen molar-refractivity contribution in [1.82, 2.24) is 10.6 Å². The van der Waals surface area contributed by atoms with Crippen molar-refractivity contribution in [2.45, 2.75) is 32.9 Å². The lowest BCUT2D eigenvalue weighted by Crippen LogP contribution is -2.45. The fourth-order valence-electron chi connectivity index (χ4n) is 1.57. The summed E-state index contributed by atoms with van der Waals surface area (Å²) in [5.41, 5.74) is 1.48. The monoisotopic (exact) mass is 416 g/mol. The highest BCUT2D eigenvalue weighted by atomic mass is 127. The molecule has 0 unspecified atom stereocenters. The lowest BCUT2D eigenvalue weighted by molar-refractivity contribution is 0.0268. The van der Waals surface area contributed by atoms with E-state index >= 15 is 0 Å². The third-order valence-corrected chi connectivity index (χ3v) is 3.08. The molecule has 6 heteroatoms. The molecule has 0 aliphatic carbocycles. The van der Waals surface area contributed by atoms with Crippen LogP contribution in [0.2, 0.25) is 0 Å². The minimum Gasteiger partial charge on any atom is -0.377 e. The fraction of sp³-hybridized carbons (Fsp3) is 0.500. The number of aliphatic imine (C=N–C) groups is 1. The Morgan fingerprint density at radius 2 is 1.91 bits per heavy atom. The van der Waals surface area contributed by atoms with Gasteiger partial charge in [-0.15, -0.1) is 24.0 Å². The van der Waals surface area contributed by atoms with Crippen LogP contribution in [0.1, 0.15) is 31.9 Å². The van der Waals surface area contributed by atoms with Crippen LogP contribution in [-0.2, 0) is 11.3 Å². The van der Waals surface area contributed by atoms with E-state index in [1.54, 1.807) is 19.2 Å². The fourth-order valence-corrected chi connectivity index (χ4v) is 1.57. The van der Waals surface area contributed by atoms with Crippen molar-refractivity contribution in [2.75, 3.05) is 20.2 Å². The van der Waals surface area contributed by atoms with Crippen molar-refractivity contribution in [2.24, 2.45) is 4.99 Å². The zero-order valence-electron chi connectivity index (χ0n) is 13.6. The van der Waals surface area contributed by atoms with Gasteiger partial charge < -0.3 is 15.4 Å². The van der Waals surface area contributed by atoms with Gasteiger partial charge in [-0.3, -0.25) is 0 Å². The third kappa shape index (κ3) is 7.61. The Bertz CT molecular complexity index is 506. The summed E-state index contributed by atoms with van der Waals surface area (Å²) in [4.78, 5) is 4.53. The van der Waals surface area contributed by atoms with Crippen LogP contribution in [0, 0.1) is 11.3 Å². The van der Waals surface area contributed by atoms with Crippen LogP contribution < -0.4 is 10.6 Å². The maximum Gasteiger partial charge on any atom is 0.191 e. The molecule has 0 spiro atoms. The molecule has 0 fully saturated rings. The number of ether oxygens (including phenoxy) is 1. The summed E-state index contributed by atoms with van der Waals surface area (Å²) in [5, 5.41) is 15.2. The average molecular weight is 416 g/mol. The van der Waals surface area contributed by atoms with Crippen LogP contribution in [-0.4, -0.2) is 31.8 Å². The standard InChI is InChI=1S/C16H24N4O.HI/c1-5-18-15(20-12-16(2,3)21-4)19-11-14-8-6-13(10-17)7-9-14;/h6-9H,5,11-12H2,1-4H3,(H2,18,19,20);1H. The Labute approximate surface area is 150 Å². The van der Waals surface area contributed by atoms with Crippen LogP contribution in [0.15, 0.2) is 29.3 Å². The molecule has 1 rings (SSSR count). The van der Waals surface area contributed by atoms with Crippen LogP contribution in [0.25, 0.3) is 0 Å². The largest absolute Gasteiger partial charge is 0.377 e. The van der Waals surface area contributed by atoms with E-state index in [1.165, 1.54) is 0 Å². The van der Waals surface area contributed by atoms with Crippen molar-refractivity contribution >= 4 is 29.9 Å². The molecule has 0 aliphatic rings. The van der Waals surface area contributed by atoms with E-state index in [2.05, 4.69) is 21.7 Å². The summed E-state index contributed by atoms with van der Waals surface area (Å²) in [5.74, 6) is 0.756. The zero-order chi connectivity index (χ0) is 15.7. The summed E-state index contributed by atoms with van der Waals surface area (Å²) in [7, 11) is 1.70. The summed E-state index contributed by atoms with van der Waals surface area (Å²) in [6, 6.07) is 9.56. The first kappa shape index (κ1) is 20.7. The van der Waals surface area contributed by atoms with Gasteiger partial charge in [-0.2, -0.15) is 5.26 Å². The van der Waals surface area contributed by atoms with Crippen LogP contribution in [0.3, 0.4) is 0 Å². The Morgan fingerprint density at radius 1 is 1.27 bits per heavy atom. The molecule has 0 amide bonds. The van der Waals surface area contributed by atoms with Crippen molar-refractivity contribution in [3.8, 4) is 6.07 Å². The van der Waals surface area contributed by atoms with Gasteiger partial charge in [0.05, 0.1) is 23.8 Å². The molecule has 0 saturated carbocycles. The lowest BCUT2D eigenvalue weighted by Gasteiger charge is -2.24. The molecule has 2 N–H and O–H groups in total. The Hall–Kier alpha value is -1.33. The number of nitrogens with zero attached hydrogens (tertiary/aromatic N) is 2. The lowest BCUT2D eigenvalue weighted by atomic mass is 10.1. The topological polar surface area (TPSA) is 69.4 Å². The molecule has 122 valence electrons. The number of nitriles is 1. The van der Waals surface area contributed by atoms with Crippen molar-refractivity contribution in [1.29, 1.82) is 5.26 Å². The van der Waals surface area contributed by atoms with E-state index in [-0.39, 0.29) is 29.6 Å². The molecule has 0 radical (unpaired) electrons. The molecule has 0 bridgehead atoms. The number of hydrogen-bond acceptors (Lipinski definition) is 3. The number of methoxy groups -OCH3 is 1. The predicted molar refractivity (Wildman–Crippen MR) is 100 cm³/mol. The smallest absolute Gasteiger partial charge is 0.191 e. The first-order valence-corrected chi connectivity index (χ1v) is 7.07. The predicted octanol–water partition coefficient (Wildman–Crippen LogP) is 2.66. The van der Waals surface area contributed by atoms with Crippen LogP contribution in [0.5, 0.6) is 0 Å². The maximum absolute atomic E-state index is 8.78. The molecule has 0 aromatic heterocycles. The van der Waals surface area contributed by atoms with Gasteiger partial charge in [0, 0.05) is 20.2 Å². The molecule has 1 aromatic rings. The molecule has 0 atom stereocenters. The highest BCUT2D eigenvalue weighted by Gasteiger charge is 2.16. The molecular formula is C16H25IN4O. The number of hydrogen-bond donors (Lipinski definition) is 2. The molecule has 0 heterocycles. The summed E-state index contributed by atoms with van der Waals surface area (Å²) >= 11 is 0. The van der Waals surface area contributed by atoms with Gasteiger partial charge >= 0.3 is 0 Å². The van der Waals surface area contributed by atoms with E-state index in [0.29, 0.717) is 18.7 Å². The highest BCUT2D eigenvalue weighted by molar-refractivity contribution is 14.0. The molecule has 0 aliphatic heterocycles. The van der Waals surface area contributed by atoms with Gasteiger partial charge in [-0.25, -0.2) is 4.99 Å². The quantitative estimate of drug-likeness (QED) is 0.425. The number of rotatable bonds is 6. The van der Waals surface area contributed by atoms with Crippen LogP contribution in [0.4, 0.5) is 0 Å². The first-order chi connectivity index (χ1) is 10.0. The average Bonchev–Trinajstić information content (AvgIpc) is 2.50. The summed E-state index contributed by atoms with van der Waals surface area (Å²) < 4.78 is 5.38. The van der Waals surface area contributed by atoms with E-state index in [4.69, 9.17) is 10.00 Å². The number of halogens is 1. The third-order valence-electron chi connectivity index (χ3n) is 3.08. The van der Waals surface area contributed by atoms with Gasteiger partial charge in [0.1, 0.15) is 0 Å². The number of guanidine groups is 1. The minimum atomic E-state index is -0.245. The van der Waals surface area contributed by atoms with Crippen LogP contribution >= 0.6 is 24.0 Å². The van der Waals surface area contributed by atoms with Gasteiger partial charge in [0.15, 0.2) is 5.96 Å². The SMILES string of the molecule is CCNC(=NCc1ccc(C#N)cc1)NCC(C)(C)OC.I. The Balaban J connectivity index is 0.00000441. The van der Waals surface area contributed by atoms with Gasteiger partial charge in [-0.05, 0) is 38.5 Å².